The number of amides is 1. The molecule has 1 aromatic heterocycles. The van der Waals surface area contributed by atoms with Crippen molar-refractivity contribution >= 4 is 5.91 Å². The summed E-state index contributed by atoms with van der Waals surface area (Å²) in [6, 6.07) is 4.40. The van der Waals surface area contributed by atoms with Crippen LogP contribution in [0.3, 0.4) is 0 Å². The zero-order valence-electron chi connectivity index (χ0n) is 13.6. The molecule has 5 heteroatoms. The van der Waals surface area contributed by atoms with E-state index in [1.807, 2.05) is 12.1 Å². The third-order valence-corrected chi connectivity index (χ3v) is 5.82. The zero-order valence-corrected chi connectivity index (χ0v) is 13.6. The first-order valence-electron chi connectivity index (χ1n) is 8.97. The predicted octanol–water partition coefficient (Wildman–Crippen LogP) is 2.18. The van der Waals surface area contributed by atoms with E-state index in [1.54, 1.807) is 6.26 Å². The van der Waals surface area contributed by atoms with Crippen molar-refractivity contribution in [3.05, 3.63) is 24.2 Å². The van der Waals surface area contributed by atoms with Gasteiger partial charge in [-0.25, -0.2) is 0 Å². The van der Waals surface area contributed by atoms with Crippen LogP contribution in [0.15, 0.2) is 22.8 Å². The van der Waals surface area contributed by atoms with Gasteiger partial charge >= 0.3 is 0 Å². The van der Waals surface area contributed by atoms with Crippen molar-refractivity contribution in [3.63, 3.8) is 0 Å². The zero-order chi connectivity index (χ0) is 15.6. The average molecular weight is 318 g/mol. The molecule has 126 valence electrons. The van der Waals surface area contributed by atoms with Crippen LogP contribution in [0.1, 0.15) is 37.9 Å². The molecule has 3 fully saturated rings. The lowest BCUT2D eigenvalue weighted by Gasteiger charge is -2.42. The van der Waals surface area contributed by atoms with E-state index in [-0.39, 0.29) is 17.9 Å². The molecule has 4 rings (SSSR count). The Morgan fingerprint density at radius 3 is 2.91 bits per heavy atom. The van der Waals surface area contributed by atoms with Crippen molar-refractivity contribution in [2.75, 3.05) is 19.7 Å². The van der Waals surface area contributed by atoms with Crippen LogP contribution in [-0.2, 0) is 16.1 Å². The van der Waals surface area contributed by atoms with Gasteiger partial charge in [-0.3, -0.25) is 9.69 Å². The highest BCUT2D eigenvalue weighted by Crippen LogP contribution is 2.37. The molecule has 23 heavy (non-hydrogen) atoms. The molecule has 2 aliphatic heterocycles. The second kappa shape index (κ2) is 6.65. The summed E-state index contributed by atoms with van der Waals surface area (Å²) in [5, 5.41) is 3.06. The maximum Gasteiger partial charge on any atom is 0.225 e. The molecule has 3 aliphatic rings. The minimum Gasteiger partial charge on any atom is -0.467 e. The van der Waals surface area contributed by atoms with Gasteiger partial charge < -0.3 is 14.5 Å². The largest absolute Gasteiger partial charge is 0.467 e. The third-order valence-electron chi connectivity index (χ3n) is 5.82. The van der Waals surface area contributed by atoms with Crippen LogP contribution in [0.4, 0.5) is 0 Å². The number of piperidine rings is 1. The number of carbonyl (C=O) groups excluding carboxylic acids is 1. The van der Waals surface area contributed by atoms with E-state index in [0.29, 0.717) is 18.5 Å². The molecule has 1 aromatic rings. The predicted molar refractivity (Wildman–Crippen MR) is 85.7 cm³/mol. The molecular formula is C18H26N2O3. The molecular weight excluding hydrogens is 292 g/mol. The average Bonchev–Trinajstić information content (AvgIpc) is 3.33. The Bertz CT molecular complexity index is 524. The molecule has 1 N–H and O–H groups in total. The van der Waals surface area contributed by atoms with Crippen LogP contribution in [0, 0.1) is 11.8 Å². The monoisotopic (exact) mass is 318 g/mol. The van der Waals surface area contributed by atoms with Gasteiger partial charge in [0.05, 0.1) is 24.8 Å². The summed E-state index contributed by atoms with van der Waals surface area (Å²) in [4.78, 5) is 15.3. The summed E-state index contributed by atoms with van der Waals surface area (Å²) >= 11 is 0. The molecule has 1 amide bonds. The second-order valence-corrected chi connectivity index (χ2v) is 7.16. The molecule has 3 atom stereocenters. The lowest BCUT2D eigenvalue weighted by atomic mass is 9.81. The fraction of sp³-hybridized carbons (Fsp3) is 0.722. The summed E-state index contributed by atoms with van der Waals surface area (Å²) in [5.41, 5.74) is 0. The maximum absolute atomic E-state index is 12.8. The topological polar surface area (TPSA) is 54.7 Å². The van der Waals surface area contributed by atoms with Crippen LogP contribution in [0.25, 0.3) is 0 Å². The number of nitrogens with one attached hydrogen (secondary N) is 1. The van der Waals surface area contributed by atoms with Gasteiger partial charge in [0.15, 0.2) is 0 Å². The number of ether oxygens (including phenoxy) is 1. The second-order valence-electron chi connectivity index (χ2n) is 7.16. The van der Waals surface area contributed by atoms with Crippen molar-refractivity contribution in [1.29, 1.82) is 0 Å². The fourth-order valence-corrected chi connectivity index (χ4v) is 4.57. The number of likely N-dealkylation sites (tertiary alicyclic amines) is 1. The highest BCUT2D eigenvalue weighted by atomic mass is 16.5. The normalized spacial score (nSPS) is 32.1. The quantitative estimate of drug-likeness (QED) is 0.924. The molecule has 3 heterocycles. The van der Waals surface area contributed by atoms with Gasteiger partial charge in [-0.05, 0) is 31.4 Å². The summed E-state index contributed by atoms with van der Waals surface area (Å²) < 4.78 is 11.2. The molecule has 5 nitrogen and oxygen atoms in total. The summed E-state index contributed by atoms with van der Waals surface area (Å²) in [6.07, 6.45) is 8.10. The SMILES string of the molecule is O=C(NCc1ccco1)[C@H]1CN(C2CCCC2)C[C@H]2OCC[C@@H]12. The lowest BCUT2D eigenvalue weighted by Crippen LogP contribution is -2.54. The van der Waals surface area contributed by atoms with Crippen LogP contribution in [0.2, 0.25) is 0 Å². The van der Waals surface area contributed by atoms with E-state index >= 15 is 0 Å². The fourth-order valence-electron chi connectivity index (χ4n) is 4.57. The van der Waals surface area contributed by atoms with Gasteiger partial charge in [0, 0.05) is 31.7 Å². The Balaban J connectivity index is 1.42. The molecule has 2 saturated heterocycles. The van der Waals surface area contributed by atoms with Crippen LogP contribution < -0.4 is 5.32 Å². The standard InChI is InChI=1S/C18H26N2O3/c21-18(19-10-14-6-3-8-22-14)16-11-20(13-4-1-2-5-13)12-17-15(16)7-9-23-17/h3,6,8,13,15-17H,1-2,4-5,7,9-12H2,(H,19,21)/t15-,16-,17+/m0/s1. The molecule has 0 aromatic carbocycles. The van der Waals surface area contributed by atoms with Gasteiger partial charge in [-0.15, -0.1) is 0 Å². The number of furan rings is 1. The Kier molecular flexibility index (Phi) is 4.40. The first kappa shape index (κ1) is 15.2. The minimum absolute atomic E-state index is 0.0480. The molecule has 1 aliphatic carbocycles. The van der Waals surface area contributed by atoms with Gasteiger partial charge in [0.1, 0.15) is 5.76 Å². The maximum atomic E-state index is 12.8. The number of fused-ring (bicyclic) bond motifs is 1. The van der Waals surface area contributed by atoms with Gasteiger partial charge in [-0.1, -0.05) is 12.8 Å². The number of carbonyl (C=O) groups is 1. The Morgan fingerprint density at radius 1 is 1.26 bits per heavy atom. The Morgan fingerprint density at radius 2 is 2.13 bits per heavy atom. The van der Waals surface area contributed by atoms with E-state index < -0.39 is 0 Å². The van der Waals surface area contributed by atoms with E-state index in [0.717, 1.165) is 31.9 Å². The first-order valence-corrected chi connectivity index (χ1v) is 8.97. The molecule has 0 radical (unpaired) electrons. The van der Waals surface area contributed by atoms with Gasteiger partial charge in [0.2, 0.25) is 5.91 Å². The molecule has 0 unspecified atom stereocenters. The van der Waals surface area contributed by atoms with Crippen molar-refractivity contribution < 1.29 is 13.9 Å². The van der Waals surface area contributed by atoms with E-state index in [4.69, 9.17) is 9.15 Å². The van der Waals surface area contributed by atoms with Crippen LogP contribution in [0.5, 0.6) is 0 Å². The number of rotatable bonds is 4. The van der Waals surface area contributed by atoms with Crippen LogP contribution >= 0.6 is 0 Å². The van der Waals surface area contributed by atoms with Crippen molar-refractivity contribution in [2.45, 2.75) is 50.8 Å². The Labute approximate surface area is 137 Å². The highest BCUT2D eigenvalue weighted by Gasteiger charge is 2.45. The minimum atomic E-state index is 0.0480. The Hall–Kier alpha value is -1.33. The third kappa shape index (κ3) is 3.17. The van der Waals surface area contributed by atoms with Crippen LogP contribution in [-0.4, -0.2) is 42.6 Å². The molecule has 0 bridgehead atoms. The van der Waals surface area contributed by atoms with E-state index in [1.165, 1.54) is 25.7 Å². The number of hydrogen-bond donors (Lipinski definition) is 1. The first-order chi connectivity index (χ1) is 11.3. The molecule has 1 saturated carbocycles. The van der Waals surface area contributed by atoms with E-state index in [2.05, 4.69) is 10.2 Å². The van der Waals surface area contributed by atoms with Crippen molar-refractivity contribution in [1.82, 2.24) is 10.2 Å². The van der Waals surface area contributed by atoms with Gasteiger partial charge in [-0.2, -0.15) is 0 Å². The van der Waals surface area contributed by atoms with E-state index in [9.17, 15) is 4.79 Å². The van der Waals surface area contributed by atoms with Gasteiger partial charge in [0.25, 0.3) is 0 Å². The summed E-state index contributed by atoms with van der Waals surface area (Å²) in [6.45, 7) is 3.18. The van der Waals surface area contributed by atoms with Crippen molar-refractivity contribution in [3.8, 4) is 0 Å². The summed E-state index contributed by atoms with van der Waals surface area (Å²) in [5.74, 6) is 1.39. The molecule has 0 spiro atoms. The smallest absolute Gasteiger partial charge is 0.225 e. The number of nitrogens with zero attached hydrogens (tertiary/aromatic N) is 1. The highest BCUT2D eigenvalue weighted by molar-refractivity contribution is 5.79. The summed E-state index contributed by atoms with van der Waals surface area (Å²) in [7, 11) is 0. The number of hydrogen-bond acceptors (Lipinski definition) is 4. The lowest BCUT2D eigenvalue weighted by molar-refractivity contribution is -0.132. The van der Waals surface area contributed by atoms with Crippen molar-refractivity contribution in [2.24, 2.45) is 11.8 Å².